The Kier molecular flexibility index (Phi) is 2.23. The molecule has 0 aromatic heterocycles. The van der Waals surface area contributed by atoms with E-state index in [-0.39, 0.29) is 11.9 Å². The Morgan fingerprint density at radius 3 is 2.54 bits per heavy atom. The Labute approximate surface area is 81.5 Å². The van der Waals surface area contributed by atoms with E-state index in [0.717, 1.165) is 5.56 Å². The first-order valence-corrected chi connectivity index (χ1v) is 4.54. The number of ether oxygens (including phenoxy) is 1. The van der Waals surface area contributed by atoms with Crippen molar-refractivity contribution in [2.75, 3.05) is 6.61 Å². The quantitative estimate of drug-likeness (QED) is 0.645. The van der Waals surface area contributed by atoms with Crippen LogP contribution >= 0.6 is 11.6 Å². The van der Waals surface area contributed by atoms with Gasteiger partial charge in [0.05, 0.1) is 13.0 Å². The lowest BCUT2D eigenvalue weighted by Crippen LogP contribution is -1.96. The van der Waals surface area contributed by atoms with E-state index in [4.69, 9.17) is 16.3 Å². The summed E-state index contributed by atoms with van der Waals surface area (Å²) >= 11 is 5.75. The van der Waals surface area contributed by atoms with Gasteiger partial charge >= 0.3 is 5.97 Å². The Morgan fingerprint density at radius 1 is 1.31 bits per heavy atom. The third kappa shape index (κ3) is 1.83. The van der Waals surface area contributed by atoms with Crippen LogP contribution in [0.2, 0.25) is 5.02 Å². The average molecular weight is 197 g/mol. The maximum absolute atomic E-state index is 10.8. The highest BCUT2D eigenvalue weighted by Crippen LogP contribution is 2.26. The second kappa shape index (κ2) is 3.38. The summed E-state index contributed by atoms with van der Waals surface area (Å²) in [7, 11) is 0. The first-order chi connectivity index (χ1) is 6.25. The predicted octanol–water partition coefficient (Wildman–Crippen LogP) is 2.37. The summed E-state index contributed by atoms with van der Waals surface area (Å²) in [6.07, 6.45) is 0.488. The second-order valence-electron chi connectivity index (χ2n) is 3.14. The topological polar surface area (TPSA) is 26.3 Å². The molecular formula is C10H9ClO2. The van der Waals surface area contributed by atoms with Crippen LogP contribution in [-0.2, 0) is 9.53 Å². The molecule has 0 radical (unpaired) electrons. The molecule has 1 aliphatic heterocycles. The molecule has 1 fully saturated rings. The van der Waals surface area contributed by atoms with E-state index in [9.17, 15) is 4.79 Å². The van der Waals surface area contributed by atoms with Crippen molar-refractivity contribution in [3.63, 3.8) is 0 Å². The number of hydrogen-bond donors (Lipinski definition) is 0. The molecule has 0 unspecified atom stereocenters. The van der Waals surface area contributed by atoms with E-state index in [1.807, 2.05) is 24.3 Å². The third-order valence-corrected chi connectivity index (χ3v) is 2.45. The van der Waals surface area contributed by atoms with Crippen molar-refractivity contribution in [3.05, 3.63) is 34.9 Å². The second-order valence-corrected chi connectivity index (χ2v) is 3.57. The summed E-state index contributed by atoms with van der Waals surface area (Å²) in [6.45, 7) is 0.500. The predicted molar refractivity (Wildman–Crippen MR) is 49.8 cm³/mol. The highest BCUT2D eigenvalue weighted by atomic mass is 35.5. The van der Waals surface area contributed by atoms with Gasteiger partial charge in [-0.05, 0) is 17.7 Å². The van der Waals surface area contributed by atoms with Crippen molar-refractivity contribution >= 4 is 17.6 Å². The van der Waals surface area contributed by atoms with Crippen molar-refractivity contribution in [1.82, 2.24) is 0 Å². The van der Waals surface area contributed by atoms with Crippen molar-refractivity contribution in [1.29, 1.82) is 0 Å². The van der Waals surface area contributed by atoms with E-state index >= 15 is 0 Å². The molecule has 0 bridgehead atoms. The van der Waals surface area contributed by atoms with Crippen LogP contribution in [0.4, 0.5) is 0 Å². The normalized spacial score (nSPS) is 21.6. The number of rotatable bonds is 1. The number of cyclic esters (lactones) is 1. The number of carbonyl (C=O) groups is 1. The van der Waals surface area contributed by atoms with Crippen LogP contribution in [0.15, 0.2) is 24.3 Å². The Bertz CT molecular complexity index is 318. The lowest BCUT2D eigenvalue weighted by molar-refractivity contribution is -0.137. The molecule has 0 N–H and O–H groups in total. The molecule has 1 atom stereocenters. The van der Waals surface area contributed by atoms with E-state index in [2.05, 4.69) is 0 Å². The van der Waals surface area contributed by atoms with Gasteiger partial charge in [0.15, 0.2) is 0 Å². The molecule has 2 rings (SSSR count). The zero-order chi connectivity index (χ0) is 9.26. The van der Waals surface area contributed by atoms with Crippen molar-refractivity contribution < 1.29 is 9.53 Å². The lowest BCUT2D eigenvalue weighted by Gasteiger charge is -2.05. The van der Waals surface area contributed by atoms with Crippen molar-refractivity contribution in [2.45, 2.75) is 12.3 Å². The number of benzene rings is 1. The smallest absolute Gasteiger partial charge is 0.306 e. The zero-order valence-corrected chi connectivity index (χ0v) is 7.75. The molecule has 0 amide bonds. The largest absolute Gasteiger partial charge is 0.465 e. The van der Waals surface area contributed by atoms with E-state index < -0.39 is 0 Å². The summed E-state index contributed by atoms with van der Waals surface area (Å²) in [5.74, 6) is 0.102. The van der Waals surface area contributed by atoms with Crippen molar-refractivity contribution in [2.24, 2.45) is 0 Å². The van der Waals surface area contributed by atoms with Gasteiger partial charge in [0.25, 0.3) is 0 Å². The van der Waals surface area contributed by atoms with Gasteiger partial charge in [-0.15, -0.1) is 0 Å². The van der Waals surface area contributed by atoms with Gasteiger partial charge in [0.2, 0.25) is 0 Å². The molecule has 1 aliphatic rings. The van der Waals surface area contributed by atoms with E-state index in [0.29, 0.717) is 18.1 Å². The number of halogens is 1. The van der Waals surface area contributed by atoms with E-state index in [1.54, 1.807) is 0 Å². The number of hydrogen-bond acceptors (Lipinski definition) is 2. The van der Waals surface area contributed by atoms with Gasteiger partial charge in [-0.25, -0.2) is 0 Å². The maximum Gasteiger partial charge on any atom is 0.306 e. The molecule has 2 nitrogen and oxygen atoms in total. The first kappa shape index (κ1) is 8.57. The minimum Gasteiger partial charge on any atom is -0.465 e. The molecule has 0 aliphatic carbocycles. The number of carbonyl (C=O) groups excluding carboxylic acids is 1. The molecular weight excluding hydrogens is 188 g/mol. The van der Waals surface area contributed by atoms with Crippen LogP contribution in [0.1, 0.15) is 17.9 Å². The van der Waals surface area contributed by atoms with Crippen LogP contribution < -0.4 is 0 Å². The molecule has 0 spiro atoms. The monoisotopic (exact) mass is 196 g/mol. The van der Waals surface area contributed by atoms with Crippen LogP contribution in [0.3, 0.4) is 0 Å². The molecule has 1 heterocycles. The third-order valence-electron chi connectivity index (χ3n) is 2.20. The zero-order valence-electron chi connectivity index (χ0n) is 7.00. The van der Waals surface area contributed by atoms with Crippen LogP contribution in [0, 0.1) is 0 Å². The average Bonchev–Trinajstić information content (AvgIpc) is 2.53. The summed E-state index contributed by atoms with van der Waals surface area (Å²) in [6, 6.07) is 7.54. The Balaban J connectivity index is 2.17. The lowest BCUT2D eigenvalue weighted by atomic mass is 9.99. The Morgan fingerprint density at radius 2 is 2.00 bits per heavy atom. The Hall–Kier alpha value is -1.02. The highest BCUT2D eigenvalue weighted by Gasteiger charge is 2.24. The van der Waals surface area contributed by atoms with Gasteiger partial charge in [-0.3, -0.25) is 4.79 Å². The summed E-state index contributed by atoms with van der Waals surface area (Å²) in [5, 5.41) is 0.717. The van der Waals surface area contributed by atoms with E-state index in [1.165, 1.54) is 0 Å². The van der Waals surface area contributed by atoms with Gasteiger partial charge in [0, 0.05) is 10.9 Å². The SMILES string of the molecule is O=C1C[C@@H](c2ccc(Cl)cc2)CO1. The van der Waals surface area contributed by atoms with Crippen LogP contribution in [0.25, 0.3) is 0 Å². The molecule has 1 saturated heterocycles. The molecule has 0 saturated carbocycles. The fourth-order valence-electron chi connectivity index (χ4n) is 1.46. The maximum atomic E-state index is 10.8. The molecule has 13 heavy (non-hydrogen) atoms. The first-order valence-electron chi connectivity index (χ1n) is 4.17. The molecule has 1 aromatic carbocycles. The number of esters is 1. The van der Waals surface area contributed by atoms with Crippen molar-refractivity contribution in [3.8, 4) is 0 Å². The minimum atomic E-state index is -0.111. The minimum absolute atomic E-state index is 0.111. The molecule has 1 aromatic rings. The van der Waals surface area contributed by atoms with Crippen LogP contribution in [-0.4, -0.2) is 12.6 Å². The fourth-order valence-corrected chi connectivity index (χ4v) is 1.59. The fraction of sp³-hybridized carbons (Fsp3) is 0.300. The van der Waals surface area contributed by atoms with Gasteiger partial charge in [0.1, 0.15) is 0 Å². The molecule has 68 valence electrons. The van der Waals surface area contributed by atoms with Gasteiger partial charge in [-0.1, -0.05) is 23.7 Å². The van der Waals surface area contributed by atoms with Gasteiger partial charge in [-0.2, -0.15) is 0 Å². The van der Waals surface area contributed by atoms with Crippen LogP contribution in [0.5, 0.6) is 0 Å². The summed E-state index contributed by atoms with van der Waals surface area (Å²) in [5.41, 5.74) is 1.12. The standard InChI is InChI=1S/C10H9ClO2/c11-9-3-1-7(2-4-9)8-5-10(12)13-6-8/h1-4,8H,5-6H2/t8-/m1/s1. The highest BCUT2D eigenvalue weighted by molar-refractivity contribution is 6.30. The van der Waals surface area contributed by atoms with Gasteiger partial charge < -0.3 is 4.74 Å². The summed E-state index contributed by atoms with van der Waals surface area (Å²) < 4.78 is 4.88. The summed E-state index contributed by atoms with van der Waals surface area (Å²) in [4.78, 5) is 10.8. The molecule has 3 heteroatoms.